The zero-order chi connectivity index (χ0) is 18.0. The van der Waals surface area contributed by atoms with Crippen LogP contribution in [0.4, 0.5) is 0 Å². The second-order valence-electron chi connectivity index (χ2n) is 6.70. The zero-order valence-corrected chi connectivity index (χ0v) is 14.5. The Balaban J connectivity index is 1.83. The molecule has 3 atom stereocenters. The molecule has 1 fully saturated rings. The van der Waals surface area contributed by atoms with Crippen molar-refractivity contribution in [2.45, 2.75) is 38.1 Å². The van der Waals surface area contributed by atoms with E-state index in [9.17, 15) is 9.59 Å². The summed E-state index contributed by atoms with van der Waals surface area (Å²) in [5.74, 6) is 0.739. The van der Waals surface area contributed by atoms with Crippen LogP contribution in [0.2, 0.25) is 0 Å². The van der Waals surface area contributed by atoms with Gasteiger partial charge in [-0.2, -0.15) is 0 Å². The van der Waals surface area contributed by atoms with Gasteiger partial charge in [-0.15, -0.1) is 0 Å². The highest BCUT2D eigenvalue weighted by molar-refractivity contribution is 6.06. The van der Waals surface area contributed by atoms with Crippen molar-refractivity contribution in [1.82, 2.24) is 0 Å². The lowest BCUT2D eigenvalue weighted by Gasteiger charge is -2.17. The van der Waals surface area contributed by atoms with Crippen LogP contribution in [0.15, 0.2) is 15.3 Å². The van der Waals surface area contributed by atoms with E-state index in [4.69, 9.17) is 23.4 Å². The first-order valence-corrected chi connectivity index (χ1v) is 8.77. The van der Waals surface area contributed by atoms with Gasteiger partial charge >= 0.3 is 5.63 Å². The molecule has 3 heterocycles. The number of ketones is 1. The molecule has 1 aromatic heterocycles. The highest BCUT2D eigenvalue weighted by atomic mass is 16.7. The van der Waals surface area contributed by atoms with Gasteiger partial charge in [0.2, 0.25) is 6.29 Å². The lowest BCUT2D eigenvalue weighted by atomic mass is 9.92. The Morgan fingerprint density at radius 3 is 2.88 bits per heavy atom. The maximum atomic E-state index is 12.5. The summed E-state index contributed by atoms with van der Waals surface area (Å²) < 4.78 is 28.6. The fourth-order valence-corrected chi connectivity index (χ4v) is 4.37. The average Bonchev–Trinajstić information content (AvgIpc) is 3.29. The van der Waals surface area contributed by atoms with Gasteiger partial charge in [0.05, 0.1) is 36.7 Å². The molecule has 1 saturated heterocycles. The Morgan fingerprint density at radius 1 is 1.27 bits per heavy atom. The van der Waals surface area contributed by atoms with E-state index in [2.05, 4.69) is 0 Å². The average molecular weight is 358 g/mol. The normalized spacial score (nSPS) is 25.9. The van der Waals surface area contributed by atoms with Gasteiger partial charge in [0, 0.05) is 19.1 Å². The maximum Gasteiger partial charge on any atom is 0.347 e. The first kappa shape index (κ1) is 15.8. The molecule has 5 rings (SSSR count). The van der Waals surface area contributed by atoms with E-state index in [1.54, 1.807) is 13.2 Å². The van der Waals surface area contributed by atoms with E-state index in [0.29, 0.717) is 54.1 Å². The molecule has 0 spiro atoms. The lowest BCUT2D eigenvalue weighted by Crippen LogP contribution is -2.23. The molecular weight excluding hydrogens is 340 g/mol. The van der Waals surface area contributed by atoms with Gasteiger partial charge in [0.1, 0.15) is 22.6 Å². The van der Waals surface area contributed by atoms with Crippen molar-refractivity contribution in [2.24, 2.45) is 0 Å². The van der Waals surface area contributed by atoms with Crippen molar-refractivity contribution >= 4 is 16.8 Å². The second kappa shape index (κ2) is 5.56. The topological polar surface area (TPSA) is 84.2 Å². The molecule has 0 bridgehead atoms. The molecule has 2 aromatic rings. The van der Waals surface area contributed by atoms with Crippen molar-refractivity contribution in [3.63, 3.8) is 0 Å². The molecule has 26 heavy (non-hydrogen) atoms. The fourth-order valence-electron chi connectivity index (χ4n) is 4.37. The SMILES string of the molecule is CCOC1COC2Oc3cc(OC)c4c5c(c(=O)oc4c3C12)C(=O)CC5. The smallest absolute Gasteiger partial charge is 0.347 e. The van der Waals surface area contributed by atoms with Gasteiger partial charge in [0.15, 0.2) is 5.78 Å². The van der Waals surface area contributed by atoms with Crippen LogP contribution in [-0.4, -0.2) is 38.5 Å². The van der Waals surface area contributed by atoms with Gasteiger partial charge in [-0.25, -0.2) is 4.79 Å². The van der Waals surface area contributed by atoms with Crippen molar-refractivity contribution in [3.8, 4) is 11.5 Å². The fraction of sp³-hybridized carbons (Fsp3) is 0.474. The summed E-state index contributed by atoms with van der Waals surface area (Å²) in [7, 11) is 1.55. The summed E-state index contributed by atoms with van der Waals surface area (Å²) in [4.78, 5) is 24.6. The Bertz CT molecular complexity index is 988. The minimum Gasteiger partial charge on any atom is -0.496 e. The number of rotatable bonds is 3. The van der Waals surface area contributed by atoms with Crippen molar-refractivity contribution in [1.29, 1.82) is 0 Å². The third-order valence-electron chi connectivity index (χ3n) is 5.42. The van der Waals surface area contributed by atoms with Crippen LogP contribution in [0.5, 0.6) is 11.5 Å². The highest BCUT2D eigenvalue weighted by Crippen LogP contribution is 2.51. The summed E-state index contributed by atoms with van der Waals surface area (Å²) in [6.07, 6.45) is 0.165. The number of hydrogen-bond acceptors (Lipinski definition) is 7. The van der Waals surface area contributed by atoms with Gasteiger partial charge in [-0.3, -0.25) is 4.79 Å². The van der Waals surface area contributed by atoms with Gasteiger partial charge < -0.3 is 23.4 Å². The van der Waals surface area contributed by atoms with Crippen LogP contribution < -0.4 is 15.1 Å². The quantitative estimate of drug-likeness (QED) is 0.778. The number of ether oxygens (including phenoxy) is 4. The summed E-state index contributed by atoms with van der Waals surface area (Å²) in [6, 6.07) is 1.78. The largest absolute Gasteiger partial charge is 0.496 e. The monoisotopic (exact) mass is 358 g/mol. The standard InChI is InChI=1S/C19H18O7/c1-3-23-12-7-24-19-16(12)15-11(25-19)6-10(22-2)14-8-4-5-9(20)13(8)18(21)26-17(14)15/h6,12,16,19H,3-5,7H2,1-2H3. The van der Waals surface area contributed by atoms with E-state index < -0.39 is 11.9 Å². The van der Waals surface area contributed by atoms with E-state index >= 15 is 0 Å². The lowest BCUT2D eigenvalue weighted by molar-refractivity contribution is -0.0359. The van der Waals surface area contributed by atoms with Crippen molar-refractivity contribution in [3.05, 3.63) is 33.2 Å². The number of carbonyl (C=O) groups excluding carboxylic acids is 1. The number of aryl methyl sites for hydroxylation is 1. The first-order chi connectivity index (χ1) is 12.6. The summed E-state index contributed by atoms with van der Waals surface area (Å²) >= 11 is 0. The van der Waals surface area contributed by atoms with E-state index in [-0.39, 0.29) is 23.4 Å². The summed E-state index contributed by atoms with van der Waals surface area (Å²) in [5, 5.41) is 0.679. The van der Waals surface area contributed by atoms with Crippen molar-refractivity contribution < 1.29 is 28.2 Å². The van der Waals surface area contributed by atoms with Crippen molar-refractivity contribution in [2.75, 3.05) is 20.3 Å². The van der Waals surface area contributed by atoms with Crippen LogP contribution in [0.3, 0.4) is 0 Å². The Hall–Kier alpha value is -2.38. The second-order valence-corrected chi connectivity index (χ2v) is 6.70. The van der Waals surface area contributed by atoms with Gasteiger partial charge in [-0.1, -0.05) is 0 Å². The molecular formula is C19H18O7. The molecule has 1 aliphatic carbocycles. The molecule has 3 unspecified atom stereocenters. The molecule has 1 aromatic carbocycles. The number of hydrogen-bond donors (Lipinski definition) is 0. The van der Waals surface area contributed by atoms with Gasteiger partial charge in [0.25, 0.3) is 0 Å². The summed E-state index contributed by atoms with van der Waals surface area (Å²) in [6.45, 7) is 2.90. The molecule has 0 saturated carbocycles. The van der Waals surface area contributed by atoms with Gasteiger partial charge in [-0.05, 0) is 18.9 Å². The van der Waals surface area contributed by atoms with Crippen LogP contribution in [0, 0.1) is 0 Å². The number of carbonyl (C=O) groups is 1. The molecule has 7 heteroatoms. The predicted octanol–water partition coefficient (Wildman–Crippen LogP) is 2.17. The molecule has 0 radical (unpaired) electrons. The van der Waals surface area contributed by atoms with Crippen LogP contribution >= 0.6 is 0 Å². The number of fused-ring (bicyclic) bond motifs is 7. The third-order valence-corrected chi connectivity index (χ3v) is 5.42. The van der Waals surface area contributed by atoms with E-state index in [0.717, 1.165) is 5.56 Å². The van der Waals surface area contributed by atoms with Crippen LogP contribution in [0.1, 0.15) is 40.7 Å². The third kappa shape index (κ3) is 1.95. The molecule has 3 aliphatic rings. The molecule has 0 amide bonds. The van der Waals surface area contributed by atoms with Crippen LogP contribution in [0.25, 0.3) is 11.0 Å². The number of benzene rings is 1. The predicted molar refractivity (Wildman–Crippen MR) is 90.2 cm³/mol. The molecule has 2 aliphatic heterocycles. The Labute approximate surface area is 148 Å². The zero-order valence-electron chi connectivity index (χ0n) is 14.5. The van der Waals surface area contributed by atoms with E-state index in [1.807, 2.05) is 6.92 Å². The molecule has 136 valence electrons. The first-order valence-electron chi connectivity index (χ1n) is 8.77. The van der Waals surface area contributed by atoms with Crippen LogP contribution in [-0.2, 0) is 15.9 Å². The molecule has 7 nitrogen and oxygen atoms in total. The minimum absolute atomic E-state index is 0.148. The Kier molecular flexibility index (Phi) is 3.39. The number of Topliss-reactive ketones (excluding diaryl/α,β-unsaturated/α-hetero) is 1. The minimum atomic E-state index is -0.597. The summed E-state index contributed by atoms with van der Waals surface area (Å²) in [5.41, 5.74) is 1.44. The number of methoxy groups -OCH3 is 1. The van der Waals surface area contributed by atoms with E-state index in [1.165, 1.54) is 0 Å². The maximum absolute atomic E-state index is 12.5. The molecule has 0 N–H and O–H groups in total. The Morgan fingerprint density at radius 2 is 2.12 bits per heavy atom. The highest BCUT2D eigenvalue weighted by Gasteiger charge is 2.49.